The molecular formula is C13H22N4O. The van der Waals surface area contributed by atoms with Crippen molar-refractivity contribution in [1.82, 2.24) is 20.1 Å². The summed E-state index contributed by atoms with van der Waals surface area (Å²) in [7, 11) is 0. The van der Waals surface area contributed by atoms with Gasteiger partial charge in [-0.25, -0.2) is 4.98 Å². The molecule has 1 aromatic heterocycles. The Balaban J connectivity index is 2.05. The first kappa shape index (κ1) is 13.1. The van der Waals surface area contributed by atoms with Gasteiger partial charge in [-0.05, 0) is 39.0 Å². The standard InChI is InChI=1S/C13H22N4O/c1-4-5-11-14-12(16-15-11)13(18)17(9(2)3)8-10-6-7-10/h9-10H,4-8H2,1-3H3,(H,14,15,16). The summed E-state index contributed by atoms with van der Waals surface area (Å²) in [4.78, 5) is 18.5. The number of hydrogen-bond donors (Lipinski definition) is 1. The van der Waals surface area contributed by atoms with Crippen molar-refractivity contribution >= 4 is 5.91 Å². The van der Waals surface area contributed by atoms with Crippen LogP contribution in [0.15, 0.2) is 0 Å². The van der Waals surface area contributed by atoms with Crippen molar-refractivity contribution in [2.45, 2.75) is 52.5 Å². The van der Waals surface area contributed by atoms with Crippen molar-refractivity contribution in [2.24, 2.45) is 5.92 Å². The Hall–Kier alpha value is -1.39. The number of aromatic nitrogens is 3. The number of amides is 1. The molecule has 0 bridgehead atoms. The van der Waals surface area contributed by atoms with Crippen LogP contribution < -0.4 is 0 Å². The minimum Gasteiger partial charge on any atom is -0.333 e. The molecule has 1 fully saturated rings. The van der Waals surface area contributed by atoms with E-state index in [0.29, 0.717) is 11.7 Å². The second-order valence-corrected chi connectivity index (χ2v) is 5.35. The first-order valence-corrected chi connectivity index (χ1v) is 6.84. The summed E-state index contributed by atoms with van der Waals surface area (Å²) in [5, 5.41) is 6.88. The van der Waals surface area contributed by atoms with Gasteiger partial charge >= 0.3 is 0 Å². The van der Waals surface area contributed by atoms with E-state index in [2.05, 4.69) is 22.1 Å². The molecule has 5 heteroatoms. The van der Waals surface area contributed by atoms with E-state index in [9.17, 15) is 4.79 Å². The Morgan fingerprint density at radius 3 is 2.78 bits per heavy atom. The number of hydrogen-bond acceptors (Lipinski definition) is 3. The molecule has 18 heavy (non-hydrogen) atoms. The molecule has 0 aliphatic heterocycles. The largest absolute Gasteiger partial charge is 0.333 e. The molecule has 1 saturated carbocycles. The molecule has 2 rings (SSSR count). The number of carbonyl (C=O) groups is 1. The van der Waals surface area contributed by atoms with Gasteiger partial charge in [0.2, 0.25) is 5.82 Å². The van der Waals surface area contributed by atoms with Crippen molar-refractivity contribution in [3.05, 3.63) is 11.6 Å². The maximum absolute atomic E-state index is 12.3. The lowest BCUT2D eigenvalue weighted by Crippen LogP contribution is -2.39. The third-order valence-corrected chi connectivity index (χ3v) is 3.25. The molecule has 0 unspecified atom stereocenters. The van der Waals surface area contributed by atoms with Gasteiger partial charge in [-0.1, -0.05) is 6.92 Å². The Kier molecular flexibility index (Phi) is 3.99. The Labute approximate surface area is 108 Å². The molecule has 0 aromatic carbocycles. The number of rotatable bonds is 6. The highest BCUT2D eigenvalue weighted by Crippen LogP contribution is 2.30. The van der Waals surface area contributed by atoms with Gasteiger partial charge in [-0.2, -0.15) is 0 Å². The van der Waals surface area contributed by atoms with E-state index in [4.69, 9.17) is 0 Å². The fourth-order valence-corrected chi connectivity index (χ4v) is 1.97. The average molecular weight is 250 g/mol. The summed E-state index contributed by atoms with van der Waals surface area (Å²) in [6.45, 7) is 7.01. The predicted molar refractivity (Wildman–Crippen MR) is 69.3 cm³/mol. The van der Waals surface area contributed by atoms with Crippen LogP contribution in [0.3, 0.4) is 0 Å². The van der Waals surface area contributed by atoms with Crippen LogP contribution in [0, 0.1) is 5.92 Å². The summed E-state index contributed by atoms with van der Waals surface area (Å²) in [5.41, 5.74) is 0. The van der Waals surface area contributed by atoms with Crippen LogP contribution in [0.1, 0.15) is 56.5 Å². The number of aromatic amines is 1. The first-order chi connectivity index (χ1) is 8.61. The normalized spacial score (nSPS) is 15.1. The zero-order valence-electron chi connectivity index (χ0n) is 11.4. The molecular weight excluding hydrogens is 228 g/mol. The number of carbonyl (C=O) groups excluding carboxylic acids is 1. The van der Waals surface area contributed by atoms with E-state index in [1.807, 2.05) is 18.7 Å². The van der Waals surface area contributed by atoms with E-state index in [-0.39, 0.29) is 11.9 Å². The molecule has 1 amide bonds. The third kappa shape index (κ3) is 3.09. The summed E-state index contributed by atoms with van der Waals surface area (Å²) < 4.78 is 0. The van der Waals surface area contributed by atoms with E-state index in [1.165, 1.54) is 12.8 Å². The molecule has 100 valence electrons. The quantitative estimate of drug-likeness (QED) is 0.840. The van der Waals surface area contributed by atoms with Gasteiger partial charge in [0.1, 0.15) is 5.82 Å². The van der Waals surface area contributed by atoms with Crippen molar-refractivity contribution in [2.75, 3.05) is 6.54 Å². The smallest absolute Gasteiger partial charge is 0.293 e. The van der Waals surface area contributed by atoms with Gasteiger partial charge < -0.3 is 4.90 Å². The monoisotopic (exact) mass is 250 g/mol. The minimum absolute atomic E-state index is 0.0458. The molecule has 0 radical (unpaired) electrons. The highest BCUT2D eigenvalue weighted by Gasteiger charge is 2.30. The highest BCUT2D eigenvalue weighted by atomic mass is 16.2. The number of H-pyrrole nitrogens is 1. The van der Waals surface area contributed by atoms with Gasteiger partial charge in [-0.15, -0.1) is 5.10 Å². The van der Waals surface area contributed by atoms with Gasteiger partial charge in [0, 0.05) is 19.0 Å². The number of nitrogens with zero attached hydrogens (tertiary/aromatic N) is 3. The Morgan fingerprint density at radius 2 is 2.22 bits per heavy atom. The van der Waals surface area contributed by atoms with Crippen molar-refractivity contribution in [3.8, 4) is 0 Å². The van der Waals surface area contributed by atoms with Gasteiger partial charge in [0.15, 0.2) is 0 Å². The number of nitrogens with one attached hydrogen (secondary N) is 1. The molecule has 1 aromatic rings. The fourth-order valence-electron chi connectivity index (χ4n) is 1.97. The zero-order valence-corrected chi connectivity index (χ0v) is 11.4. The summed E-state index contributed by atoms with van der Waals surface area (Å²) in [5.74, 6) is 1.75. The molecule has 1 aliphatic carbocycles. The lowest BCUT2D eigenvalue weighted by Gasteiger charge is -2.25. The van der Waals surface area contributed by atoms with Crippen LogP contribution >= 0.6 is 0 Å². The average Bonchev–Trinajstić information content (AvgIpc) is 3.03. The van der Waals surface area contributed by atoms with E-state index < -0.39 is 0 Å². The summed E-state index contributed by atoms with van der Waals surface area (Å²) in [6.07, 6.45) is 4.32. The molecule has 5 nitrogen and oxygen atoms in total. The molecule has 0 saturated heterocycles. The van der Waals surface area contributed by atoms with Crippen LogP contribution in [0.25, 0.3) is 0 Å². The first-order valence-electron chi connectivity index (χ1n) is 6.84. The predicted octanol–water partition coefficient (Wildman–Crippen LogP) is 2.02. The Bertz CT molecular complexity index is 409. The van der Waals surface area contributed by atoms with Gasteiger partial charge in [-0.3, -0.25) is 9.89 Å². The molecule has 0 atom stereocenters. The number of aryl methyl sites for hydroxylation is 1. The van der Waals surface area contributed by atoms with Crippen LogP contribution in [-0.2, 0) is 6.42 Å². The van der Waals surface area contributed by atoms with Crippen LogP contribution in [-0.4, -0.2) is 38.6 Å². The Morgan fingerprint density at radius 1 is 1.50 bits per heavy atom. The second-order valence-electron chi connectivity index (χ2n) is 5.35. The summed E-state index contributed by atoms with van der Waals surface area (Å²) in [6, 6.07) is 0.200. The van der Waals surface area contributed by atoms with E-state index in [1.54, 1.807) is 0 Å². The lowest BCUT2D eigenvalue weighted by molar-refractivity contribution is 0.0684. The minimum atomic E-state index is -0.0458. The van der Waals surface area contributed by atoms with Gasteiger partial charge in [0.05, 0.1) is 0 Å². The molecule has 1 aliphatic rings. The van der Waals surface area contributed by atoms with Crippen molar-refractivity contribution in [1.29, 1.82) is 0 Å². The maximum Gasteiger partial charge on any atom is 0.293 e. The van der Waals surface area contributed by atoms with Crippen LogP contribution in [0.4, 0.5) is 0 Å². The summed E-state index contributed by atoms with van der Waals surface area (Å²) >= 11 is 0. The fraction of sp³-hybridized carbons (Fsp3) is 0.769. The van der Waals surface area contributed by atoms with Crippen molar-refractivity contribution in [3.63, 3.8) is 0 Å². The molecule has 0 spiro atoms. The SMILES string of the molecule is CCCc1nc(C(=O)N(CC2CC2)C(C)C)n[nH]1. The highest BCUT2D eigenvalue weighted by molar-refractivity contribution is 5.90. The topological polar surface area (TPSA) is 61.9 Å². The maximum atomic E-state index is 12.3. The van der Waals surface area contributed by atoms with E-state index in [0.717, 1.165) is 25.2 Å². The second kappa shape index (κ2) is 5.50. The van der Waals surface area contributed by atoms with Gasteiger partial charge in [0.25, 0.3) is 5.91 Å². The zero-order chi connectivity index (χ0) is 13.1. The van der Waals surface area contributed by atoms with Crippen molar-refractivity contribution < 1.29 is 4.79 Å². The van der Waals surface area contributed by atoms with E-state index >= 15 is 0 Å². The van der Waals surface area contributed by atoms with Crippen LogP contribution in [0.2, 0.25) is 0 Å². The molecule has 1 N–H and O–H groups in total. The third-order valence-electron chi connectivity index (χ3n) is 3.25. The molecule has 1 heterocycles. The lowest BCUT2D eigenvalue weighted by atomic mass is 10.2. The van der Waals surface area contributed by atoms with Crippen LogP contribution in [0.5, 0.6) is 0 Å².